The Hall–Kier alpha value is -2.44. The third-order valence-electron chi connectivity index (χ3n) is 4.25. The molecular weight excluding hydrogens is 370 g/mol. The van der Waals surface area contributed by atoms with Crippen molar-refractivity contribution < 1.29 is 10.2 Å². The normalized spacial score (nSPS) is 16.2. The lowest BCUT2D eigenvalue weighted by atomic mass is 10.1. The van der Waals surface area contributed by atoms with Gasteiger partial charge in [-0.05, 0) is 36.2 Å². The first-order valence-corrected chi connectivity index (χ1v) is 9.31. The zero-order valence-electron chi connectivity index (χ0n) is 13.9. The number of phenolic OH excluding ortho intramolecular Hbond substituents is 2. The number of thioether (sulfide) groups is 1. The van der Waals surface area contributed by atoms with Gasteiger partial charge in [-0.3, -0.25) is 0 Å². The molecule has 0 saturated carbocycles. The maximum absolute atomic E-state index is 9.85. The monoisotopic (exact) mass is 385 g/mol. The summed E-state index contributed by atoms with van der Waals surface area (Å²) in [4.78, 5) is 4.67. The van der Waals surface area contributed by atoms with Gasteiger partial charge in [0.1, 0.15) is 0 Å². The number of phenols is 2. The molecule has 2 aromatic carbocycles. The minimum atomic E-state index is -0.131. The summed E-state index contributed by atoms with van der Waals surface area (Å²) in [5, 5.41) is 25.5. The lowest BCUT2D eigenvalue weighted by Gasteiger charge is -2.21. The Labute approximate surface area is 160 Å². The maximum atomic E-state index is 9.85. The van der Waals surface area contributed by atoms with Crippen LogP contribution < -0.4 is 0 Å². The van der Waals surface area contributed by atoms with Crippen LogP contribution in [0.15, 0.2) is 53.7 Å². The van der Waals surface area contributed by atoms with Crippen LogP contribution in [-0.2, 0) is 6.54 Å². The Balaban J connectivity index is 1.74. The van der Waals surface area contributed by atoms with Crippen molar-refractivity contribution in [2.45, 2.75) is 18.7 Å². The number of nitrogens with zero attached hydrogens (tertiary/aromatic N) is 3. The molecule has 1 aliphatic heterocycles. The highest BCUT2D eigenvalue weighted by Gasteiger charge is 2.27. The molecule has 132 valence electrons. The lowest BCUT2D eigenvalue weighted by molar-refractivity contribution is 0.403. The standard InChI is InChI=1S/C19H16ClN3O2S/c1-11-22-19-14(18(26-11)12-6-7-16(24)17(25)8-12)9-21-23(19)10-13-4-2-3-5-15(13)20/h2-9,18,24-25H,10H2,1H3/t18-/m0/s1. The minimum absolute atomic E-state index is 0.0472. The highest BCUT2D eigenvalue weighted by Crippen LogP contribution is 2.46. The van der Waals surface area contributed by atoms with Gasteiger partial charge in [0, 0.05) is 10.6 Å². The molecule has 0 amide bonds. The molecule has 0 unspecified atom stereocenters. The molecule has 7 heteroatoms. The van der Waals surface area contributed by atoms with Crippen molar-refractivity contribution >= 4 is 34.2 Å². The number of aliphatic imine (C=N–C) groups is 1. The molecule has 2 N–H and O–H groups in total. The van der Waals surface area contributed by atoms with Gasteiger partial charge in [-0.25, -0.2) is 9.67 Å². The Bertz CT molecular complexity index is 1020. The summed E-state index contributed by atoms with van der Waals surface area (Å²) in [6.07, 6.45) is 1.81. The van der Waals surface area contributed by atoms with Crippen LogP contribution in [0.3, 0.4) is 0 Å². The van der Waals surface area contributed by atoms with E-state index in [1.165, 1.54) is 6.07 Å². The smallest absolute Gasteiger partial charge is 0.157 e. The molecular formula is C19H16ClN3O2S. The van der Waals surface area contributed by atoms with Gasteiger partial charge < -0.3 is 10.2 Å². The van der Waals surface area contributed by atoms with Gasteiger partial charge in [0.25, 0.3) is 0 Å². The number of hydrogen-bond donors (Lipinski definition) is 2. The molecule has 0 radical (unpaired) electrons. The second kappa shape index (κ2) is 6.70. The molecule has 0 saturated heterocycles. The van der Waals surface area contributed by atoms with E-state index in [1.54, 1.807) is 23.9 Å². The van der Waals surface area contributed by atoms with E-state index in [-0.39, 0.29) is 16.7 Å². The number of benzene rings is 2. The van der Waals surface area contributed by atoms with Crippen molar-refractivity contribution in [2.75, 3.05) is 0 Å². The fourth-order valence-electron chi connectivity index (χ4n) is 2.96. The van der Waals surface area contributed by atoms with Gasteiger partial charge in [-0.2, -0.15) is 5.10 Å². The van der Waals surface area contributed by atoms with Crippen LogP contribution in [0, 0.1) is 0 Å². The lowest BCUT2D eigenvalue weighted by Crippen LogP contribution is -2.07. The quantitative estimate of drug-likeness (QED) is 0.630. The summed E-state index contributed by atoms with van der Waals surface area (Å²) in [7, 11) is 0. The average molecular weight is 386 g/mol. The summed E-state index contributed by atoms with van der Waals surface area (Å²) >= 11 is 7.87. The van der Waals surface area contributed by atoms with E-state index < -0.39 is 0 Å². The number of hydrogen-bond acceptors (Lipinski definition) is 5. The van der Waals surface area contributed by atoms with Gasteiger partial charge in [0.05, 0.1) is 23.0 Å². The van der Waals surface area contributed by atoms with E-state index >= 15 is 0 Å². The van der Waals surface area contributed by atoms with Crippen LogP contribution in [0.5, 0.6) is 11.5 Å². The third kappa shape index (κ3) is 3.06. The Morgan fingerprint density at radius 1 is 1.15 bits per heavy atom. The third-order valence-corrected chi connectivity index (χ3v) is 5.82. The average Bonchev–Trinajstić information content (AvgIpc) is 3.01. The zero-order valence-corrected chi connectivity index (χ0v) is 15.5. The Kier molecular flexibility index (Phi) is 4.38. The summed E-state index contributed by atoms with van der Waals surface area (Å²) < 4.78 is 1.84. The molecule has 26 heavy (non-hydrogen) atoms. The van der Waals surface area contributed by atoms with Crippen molar-refractivity contribution in [3.05, 3.63) is 70.4 Å². The van der Waals surface area contributed by atoms with Gasteiger partial charge in [0.2, 0.25) is 0 Å². The Morgan fingerprint density at radius 3 is 2.73 bits per heavy atom. The number of rotatable bonds is 3. The van der Waals surface area contributed by atoms with Crippen LogP contribution in [0.25, 0.3) is 0 Å². The molecule has 1 aliphatic rings. The topological polar surface area (TPSA) is 70.6 Å². The van der Waals surface area contributed by atoms with Crippen molar-refractivity contribution in [1.82, 2.24) is 9.78 Å². The van der Waals surface area contributed by atoms with Gasteiger partial charge in [0.15, 0.2) is 17.3 Å². The molecule has 2 heterocycles. The minimum Gasteiger partial charge on any atom is -0.504 e. The summed E-state index contributed by atoms with van der Waals surface area (Å²) in [5.74, 6) is 0.529. The predicted octanol–water partition coefficient (Wildman–Crippen LogP) is 4.88. The number of halogens is 1. The predicted molar refractivity (Wildman–Crippen MR) is 105 cm³/mol. The van der Waals surface area contributed by atoms with Crippen molar-refractivity contribution in [2.24, 2.45) is 4.99 Å². The van der Waals surface area contributed by atoms with E-state index in [1.807, 2.05) is 42.1 Å². The summed E-state index contributed by atoms with van der Waals surface area (Å²) in [6, 6.07) is 12.6. The largest absolute Gasteiger partial charge is 0.504 e. The molecule has 0 aliphatic carbocycles. The molecule has 1 aromatic heterocycles. The van der Waals surface area contributed by atoms with Crippen LogP contribution in [0.2, 0.25) is 5.02 Å². The van der Waals surface area contributed by atoms with Crippen LogP contribution in [0.1, 0.15) is 28.9 Å². The SMILES string of the molecule is CC1=Nc2c(cnn2Cc2ccccc2Cl)[C@H](c2ccc(O)c(O)c2)S1. The molecule has 5 nitrogen and oxygen atoms in total. The molecule has 1 atom stereocenters. The summed E-state index contributed by atoms with van der Waals surface area (Å²) in [6.45, 7) is 2.48. The number of aromatic hydroxyl groups is 2. The zero-order chi connectivity index (χ0) is 18.3. The first kappa shape index (κ1) is 17.0. The number of aromatic nitrogens is 2. The van der Waals surface area contributed by atoms with E-state index in [4.69, 9.17) is 11.6 Å². The van der Waals surface area contributed by atoms with Crippen LogP contribution >= 0.6 is 23.4 Å². The van der Waals surface area contributed by atoms with Crippen molar-refractivity contribution in [3.63, 3.8) is 0 Å². The summed E-state index contributed by atoms with van der Waals surface area (Å²) in [5.41, 5.74) is 2.83. The first-order valence-electron chi connectivity index (χ1n) is 8.06. The molecule has 0 spiro atoms. The second-order valence-electron chi connectivity index (χ2n) is 6.05. The second-order valence-corrected chi connectivity index (χ2v) is 7.75. The first-order chi connectivity index (χ1) is 12.5. The fourth-order valence-corrected chi connectivity index (χ4v) is 4.22. The fraction of sp³-hybridized carbons (Fsp3) is 0.158. The molecule has 3 aromatic rings. The van der Waals surface area contributed by atoms with E-state index in [2.05, 4.69) is 10.1 Å². The van der Waals surface area contributed by atoms with Crippen molar-refractivity contribution in [3.8, 4) is 11.5 Å². The van der Waals surface area contributed by atoms with Crippen LogP contribution in [0.4, 0.5) is 5.82 Å². The van der Waals surface area contributed by atoms with E-state index in [9.17, 15) is 10.2 Å². The van der Waals surface area contributed by atoms with E-state index in [0.29, 0.717) is 11.6 Å². The van der Waals surface area contributed by atoms with Crippen molar-refractivity contribution in [1.29, 1.82) is 0 Å². The van der Waals surface area contributed by atoms with Gasteiger partial charge in [-0.15, -0.1) is 0 Å². The highest BCUT2D eigenvalue weighted by molar-refractivity contribution is 8.14. The molecule has 4 rings (SSSR count). The molecule has 0 bridgehead atoms. The van der Waals surface area contributed by atoms with Crippen LogP contribution in [-0.4, -0.2) is 25.0 Å². The number of fused-ring (bicyclic) bond motifs is 1. The molecule has 0 fully saturated rings. The maximum Gasteiger partial charge on any atom is 0.157 e. The van der Waals surface area contributed by atoms with Gasteiger partial charge >= 0.3 is 0 Å². The Morgan fingerprint density at radius 2 is 1.96 bits per heavy atom. The highest BCUT2D eigenvalue weighted by atomic mass is 35.5. The van der Waals surface area contributed by atoms with E-state index in [0.717, 1.165) is 27.6 Å². The van der Waals surface area contributed by atoms with Gasteiger partial charge in [-0.1, -0.05) is 47.6 Å².